The smallest absolute Gasteiger partial charge is 0.324 e. The van der Waals surface area contributed by atoms with E-state index >= 15 is 0 Å². The molecule has 9 heteroatoms. The Morgan fingerprint density at radius 3 is 2.71 bits per heavy atom. The number of ether oxygens (including phenoxy) is 1. The maximum atomic E-state index is 13.3. The second-order valence-electron chi connectivity index (χ2n) is 13.2. The summed E-state index contributed by atoms with van der Waals surface area (Å²) in [6.45, 7) is 10.0. The lowest BCUT2D eigenvalue weighted by Crippen LogP contribution is -2.59. The van der Waals surface area contributed by atoms with E-state index in [1.165, 1.54) is 16.1 Å². The molecule has 45 heavy (non-hydrogen) atoms. The predicted octanol–water partition coefficient (Wildman–Crippen LogP) is 5.15. The van der Waals surface area contributed by atoms with Gasteiger partial charge in [0.1, 0.15) is 11.8 Å². The molecule has 236 valence electrons. The third kappa shape index (κ3) is 6.07. The highest BCUT2D eigenvalue weighted by molar-refractivity contribution is 5.95. The molecule has 4 heterocycles. The number of rotatable bonds is 3. The fourth-order valence-electron chi connectivity index (χ4n) is 6.88. The second-order valence-corrected chi connectivity index (χ2v) is 13.2. The van der Waals surface area contributed by atoms with Crippen LogP contribution in [0, 0.1) is 5.41 Å². The lowest BCUT2D eigenvalue weighted by Gasteiger charge is -2.35. The van der Waals surface area contributed by atoms with Gasteiger partial charge in [-0.25, -0.2) is 5.43 Å². The Morgan fingerprint density at radius 2 is 1.93 bits per heavy atom. The Hall–Kier alpha value is -4.21. The van der Waals surface area contributed by atoms with Crippen molar-refractivity contribution < 1.29 is 19.4 Å². The lowest BCUT2D eigenvalue weighted by molar-refractivity contribution is -0.154. The largest absolute Gasteiger partial charge is 0.508 e. The summed E-state index contributed by atoms with van der Waals surface area (Å²) in [4.78, 5) is 31.2. The Kier molecular flexibility index (Phi) is 8.41. The van der Waals surface area contributed by atoms with E-state index in [4.69, 9.17) is 10.5 Å². The Bertz CT molecular complexity index is 1760. The van der Waals surface area contributed by atoms with Crippen molar-refractivity contribution in [2.24, 2.45) is 11.1 Å². The maximum absolute atomic E-state index is 13.3. The highest BCUT2D eigenvalue weighted by Gasteiger charge is 2.33. The van der Waals surface area contributed by atoms with Crippen molar-refractivity contribution >= 4 is 22.8 Å². The number of phenolic OH excluding ortho intramolecular Hbond substituents is 1. The van der Waals surface area contributed by atoms with Gasteiger partial charge in [-0.3, -0.25) is 19.6 Å². The molecule has 4 N–H and O–H groups in total. The highest BCUT2D eigenvalue weighted by Crippen LogP contribution is 2.41. The number of esters is 1. The number of hydrogen-bond acceptors (Lipinski definition) is 7. The monoisotopic (exact) mass is 609 g/mol. The molecular weight excluding hydrogens is 566 g/mol. The molecule has 1 saturated heterocycles. The fourth-order valence-corrected chi connectivity index (χ4v) is 6.88. The molecule has 0 radical (unpaired) electrons. The first kappa shape index (κ1) is 30.8. The number of aromatic nitrogens is 2. The zero-order valence-electron chi connectivity index (χ0n) is 26.6. The minimum atomic E-state index is -0.845. The number of carbonyl (C=O) groups excluding carboxylic acids is 2. The molecule has 0 spiro atoms. The van der Waals surface area contributed by atoms with Crippen LogP contribution >= 0.6 is 0 Å². The number of hydrazine groups is 1. The van der Waals surface area contributed by atoms with Crippen LogP contribution in [0.4, 0.5) is 0 Å². The average molecular weight is 610 g/mol. The number of aryl methyl sites for hydroxylation is 2. The van der Waals surface area contributed by atoms with Gasteiger partial charge in [0.2, 0.25) is 0 Å². The quantitative estimate of drug-likeness (QED) is 0.275. The van der Waals surface area contributed by atoms with Crippen LogP contribution in [0.1, 0.15) is 57.2 Å². The van der Waals surface area contributed by atoms with E-state index in [9.17, 15) is 14.7 Å². The molecule has 2 atom stereocenters. The molecule has 4 aromatic rings. The summed E-state index contributed by atoms with van der Waals surface area (Å²) in [5.74, 6) is -0.543. The fraction of sp³-hybridized carbons (Fsp3) is 0.417. The molecule has 6 rings (SSSR count). The van der Waals surface area contributed by atoms with Crippen molar-refractivity contribution in [3.8, 4) is 28.1 Å². The third-order valence-corrected chi connectivity index (χ3v) is 9.11. The van der Waals surface area contributed by atoms with Crippen LogP contribution in [0.3, 0.4) is 0 Å². The topological polar surface area (TPSA) is 123 Å². The van der Waals surface area contributed by atoms with E-state index in [0.717, 1.165) is 51.8 Å². The van der Waals surface area contributed by atoms with Gasteiger partial charge in [0.25, 0.3) is 5.91 Å². The SMILES string of the molecule is CCc1ccncc1-c1c2c3cc(ccc3n1CC)-c1cc(O)cc(c1)C[C@H](N)C(=O)N1CCC[C@H](N1)C(=O)OCC(C)(C)C2. The molecule has 1 amide bonds. The van der Waals surface area contributed by atoms with Crippen LogP contribution in [0.25, 0.3) is 33.3 Å². The second kappa shape index (κ2) is 12.3. The van der Waals surface area contributed by atoms with Crippen molar-refractivity contribution in [1.29, 1.82) is 0 Å². The summed E-state index contributed by atoms with van der Waals surface area (Å²) in [6.07, 6.45) is 6.81. The summed E-state index contributed by atoms with van der Waals surface area (Å²) in [5, 5.41) is 13.3. The number of nitrogens with one attached hydrogen (secondary N) is 1. The molecular formula is C36H43N5O4. The summed E-state index contributed by atoms with van der Waals surface area (Å²) in [7, 11) is 0. The number of amides is 1. The van der Waals surface area contributed by atoms with Gasteiger partial charge in [-0.1, -0.05) is 32.9 Å². The number of carbonyl (C=O) groups is 2. The maximum Gasteiger partial charge on any atom is 0.324 e. The zero-order valence-corrected chi connectivity index (χ0v) is 26.6. The van der Waals surface area contributed by atoms with Crippen LogP contribution in [0.15, 0.2) is 54.9 Å². The molecule has 6 bridgehead atoms. The molecule has 2 aliphatic rings. The molecule has 2 aliphatic heterocycles. The minimum absolute atomic E-state index is 0.117. The van der Waals surface area contributed by atoms with Gasteiger partial charge >= 0.3 is 5.97 Å². The zero-order chi connectivity index (χ0) is 31.9. The first-order valence-electron chi connectivity index (χ1n) is 16.0. The van der Waals surface area contributed by atoms with Gasteiger partial charge in [0.05, 0.1) is 18.3 Å². The predicted molar refractivity (Wildman–Crippen MR) is 175 cm³/mol. The Balaban J connectivity index is 1.55. The molecule has 0 unspecified atom stereocenters. The van der Waals surface area contributed by atoms with Gasteiger partial charge < -0.3 is 20.1 Å². The normalized spacial score (nSPS) is 20.6. The van der Waals surface area contributed by atoms with Gasteiger partial charge in [-0.05, 0) is 97.2 Å². The van der Waals surface area contributed by atoms with Crippen molar-refractivity contribution in [2.45, 2.75) is 78.4 Å². The van der Waals surface area contributed by atoms with Gasteiger partial charge in [-0.2, -0.15) is 0 Å². The number of aromatic hydroxyl groups is 1. The Morgan fingerprint density at radius 1 is 1.11 bits per heavy atom. The van der Waals surface area contributed by atoms with E-state index < -0.39 is 17.5 Å². The van der Waals surface area contributed by atoms with Crippen molar-refractivity contribution in [2.75, 3.05) is 13.2 Å². The highest BCUT2D eigenvalue weighted by atomic mass is 16.5. The van der Waals surface area contributed by atoms with E-state index in [1.807, 2.05) is 18.5 Å². The summed E-state index contributed by atoms with van der Waals surface area (Å²) < 4.78 is 8.31. The van der Waals surface area contributed by atoms with E-state index in [2.05, 4.69) is 66.9 Å². The Labute approximate surface area is 264 Å². The van der Waals surface area contributed by atoms with Gasteiger partial charge in [0.15, 0.2) is 0 Å². The van der Waals surface area contributed by atoms with Crippen LogP contribution in [-0.2, 0) is 40.1 Å². The van der Waals surface area contributed by atoms with E-state index in [-0.39, 0.29) is 30.7 Å². The van der Waals surface area contributed by atoms with Crippen molar-refractivity contribution in [1.82, 2.24) is 20.0 Å². The molecule has 1 fully saturated rings. The average Bonchev–Trinajstić information content (AvgIpc) is 3.34. The van der Waals surface area contributed by atoms with Gasteiger partial charge in [-0.15, -0.1) is 0 Å². The number of fused-ring (bicyclic) bond motifs is 6. The number of nitrogens with two attached hydrogens (primary N) is 1. The molecule has 2 aromatic heterocycles. The summed E-state index contributed by atoms with van der Waals surface area (Å²) in [5.41, 5.74) is 17.4. The van der Waals surface area contributed by atoms with Crippen LogP contribution < -0.4 is 11.2 Å². The molecule has 9 nitrogen and oxygen atoms in total. The number of hydrogen-bond donors (Lipinski definition) is 3. The summed E-state index contributed by atoms with van der Waals surface area (Å²) >= 11 is 0. The van der Waals surface area contributed by atoms with Crippen LogP contribution in [0.5, 0.6) is 5.75 Å². The molecule has 2 aromatic carbocycles. The van der Waals surface area contributed by atoms with E-state index in [0.29, 0.717) is 25.8 Å². The number of cyclic esters (lactones) is 1. The molecule has 0 saturated carbocycles. The van der Waals surface area contributed by atoms with Crippen LogP contribution in [-0.4, -0.2) is 56.8 Å². The van der Waals surface area contributed by atoms with E-state index in [1.54, 1.807) is 12.1 Å². The summed E-state index contributed by atoms with van der Waals surface area (Å²) in [6, 6.07) is 12.4. The van der Waals surface area contributed by atoms with Gasteiger partial charge in [0, 0.05) is 47.4 Å². The van der Waals surface area contributed by atoms with Crippen molar-refractivity contribution in [3.05, 3.63) is 71.5 Å². The molecule has 0 aliphatic carbocycles. The minimum Gasteiger partial charge on any atom is -0.508 e. The number of pyridine rings is 1. The van der Waals surface area contributed by atoms with Crippen LogP contribution in [0.2, 0.25) is 0 Å². The third-order valence-electron chi connectivity index (χ3n) is 9.11. The lowest BCUT2D eigenvalue weighted by atomic mass is 9.84. The standard InChI is InChI=1S/C36H43N5O4/c1-5-23-11-12-38-20-29(23)33-28-19-36(3,4)21-45-35(44)31-8-7-13-41(39-31)34(43)30(37)16-22-14-25(17-26(42)15-22)24-9-10-32(27(28)18-24)40(33)6-2/h9-12,14-15,17-18,20,30-31,39,42H,5-8,13,16,19,21,37H2,1-4H3/t30-,31-/m0/s1. The number of benzene rings is 2. The first-order valence-corrected chi connectivity index (χ1v) is 16.0. The number of nitrogens with zero attached hydrogens (tertiary/aromatic N) is 3. The number of phenols is 1. The first-order chi connectivity index (χ1) is 21.6. The van der Waals surface area contributed by atoms with Crippen molar-refractivity contribution in [3.63, 3.8) is 0 Å².